The summed E-state index contributed by atoms with van der Waals surface area (Å²) in [4.78, 5) is 11.8. The second-order valence-electron chi connectivity index (χ2n) is 5.17. The Morgan fingerprint density at radius 3 is 2.52 bits per heavy atom. The number of hydrogen-bond donors (Lipinski definition) is 2. The number of amides is 1. The maximum atomic E-state index is 13.3. The lowest BCUT2D eigenvalue weighted by molar-refractivity contribution is -0.121. The summed E-state index contributed by atoms with van der Waals surface area (Å²) in [5, 5.41) is 20.5. The highest BCUT2D eigenvalue weighted by Crippen LogP contribution is 2.11. The number of benzene rings is 2. The molecule has 2 rings (SSSR count). The van der Waals surface area contributed by atoms with Gasteiger partial charge in [-0.3, -0.25) is 4.79 Å². The van der Waals surface area contributed by atoms with E-state index in [1.54, 1.807) is 18.2 Å². The van der Waals surface area contributed by atoms with Gasteiger partial charge in [0, 0.05) is 18.5 Å². The van der Waals surface area contributed by atoms with E-state index in [0.29, 0.717) is 24.9 Å². The smallest absolute Gasteiger partial charge is 0.220 e. The quantitative estimate of drug-likeness (QED) is 0.860. The molecule has 0 saturated carbocycles. The van der Waals surface area contributed by atoms with Crippen molar-refractivity contribution in [2.75, 3.05) is 0 Å². The van der Waals surface area contributed by atoms with Gasteiger partial charge in [-0.2, -0.15) is 5.26 Å². The molecule has 1 amide bonds. The topological polar surface area (TPSA) is 73.1 Å². The number of rotatable bonds is 6. The zero-order valence-corrected chi connectivity index (χ0v) is 12.6. The minimum atomic E-state index is -0.455. The molecule has 0 bridgehead atoms. The number of carbonyl (C=O) groups excluding carboxylic acids is 1. The van der Waals surface area contributed by atoms with Gasteiger partial charge in [-0.25, -0.2) is 4.39 Å². The molecule has 0 aliphatic heterocycles. The van der Waals surface area contributed by atoms with Gasteiger partial charge in [0.1, 0.15) is 5.82 Å². The molecule has 118 valence electrons. The van der Waals surface area contributed by atoms with Crippen LogP contribution in [0.25, 0.3) is 0 Å². The molecule has 2 aromatic rings. The van der Waals surface area contributed by atoms with E-state index < -0.39 is 5.82 Å². The molecule has 0 aromatic heterocycles. The van der Waals surface area contributed by atoms with Gasteiger partial charge >= 0.3 is 0 Å². The maximum absolute atomic E-state index is 13.3. The standard InChI is InChI=1S/C18H17FN2O2/c19-17-7-5-15(9-16(17)12-22)11-21-18(23)8-6-13-1-3-14(10-20)4-2-13/h1-5,7,9,22H,6,8,11-12H2,(H,21,23). The third-order valence-electron chi connectivity index (χ3n) is 3.49. The minimum Gasteiger partial charge on any atom is -0.392 e. The van der Waals surface area contributed by atoms with Gasteiger partial charge in [0.15, 0.2) is 0 Å². The van der Waals surface area contributed by atoms with Gasteiger partial charge in [-0.1, -0.05) is 18.2 Å². The van der Waals surface area contributed by atoms with E-state index in [4.69, 9.17) is 10.4 Å². The number of nitrogens with one attached hydrogen (secondary N) is 1. The van der Waals surface area contributed by atoms with E-state index in [1.165, 1.54) is 12.1 Å². The van der Waals surface area contributed by atoms with Crippen LogP contribution in [0.5, 0.6) is 0 Å². The Morgan fingerprint density at radius 1 is 1.17 bits per heavy atom. The van der Waals surface area contributed by atoms with E-state index in [2.05, 4.69) is 5.32 Å². The fraction of sp³-hybridized carbons (Fsp3) is 0.222. The van der Waals surface area contributed by atoms with Crippen LogP contribution in [0.3, 0.4) is 0 Å². The zero-order valence-electron chi connectivity index (χ0n) is 12.6. The van der Waals surface area contributed by atoms with Gasteiger partial charge in [0.25, 0.3) is 0 Å². The van der Waals surface area contributed by atoms with Crippen LogP contribution in [-0.4, -0.2) is 11.0 Å². The molecule has 23 heavy (non-hydrogen) atoms. The normalized spacial score (nSPS) is 10.1. The van der Waals surface area contributed by atoms with Crippen molar-refractivity contribution < 1.29 is 14.3 Å². The molecular formula is C18H17FN2O2. The van der Waals surface area contributed by atoms with Crippen molar-refractivity contribution in [3.05, 3.63) is 70.5 Å². The van der Waals surface area contributed by atoms with Crippen LogP contribution < -0.4 is 5.32 Å². The fourth-order valence-electron chi connectivity index (χ4n) is 2.15. The molecule has 0 unspecified atom stereocenters. The molecule has 0 saturated heterocycles. The number of aliphatic hydroxyl groups is 1. The Kier molecular flexibility index (Phi) is 5.84. The molecule has 2 aromatic carbocycles. The van der Waals surface area contributed by atoms with E-state index in [1.807, 2.05) is 18.2 Å². The van der Waals surface area contributed by atoms with E-state index in [-0.39, 0.29) is 18.1 Å². The molecule has 2 N–H and O–H groups in total. The average Bonchev–Trinajstić information content (AvgIpc) is 2.59. The number of aryl methyl sites for hydroxylation is 1. The molecule has 0 fully saturated rings. The van der Waals surface area contributed by atoms with Crippen molar-refractivity contribution in [3.8, 4) is 6.07 Å². The number of nitrogens with zero attached hydrogens (tertiary/aromatic N) is 1. The first-order chi connectivity index (χ1) is 11.1. The molecule has 0 heterocycles. The van der Waals surface area contributed by atoms with Crippen molar-refractivity contribution in [3.63, 3.8) is 0 Å². The fourth-order valence-corrected chi connectivity index (χ4v) is 2.15. The second-order valence-corrected chi connectivity index (χ2v) is 5.17. The van der Waals surface area contributed by atoms with Crippen LogP contribution in [0.4, 0.5) is 4.39 Å². The molecule has 0 aliphatic rings. The molecule has 0 aliphatic carbocycles. The van der Waals surface area contributed by atoms with Crippen LogP contribution in [0.2, 0.25) is 0 Å². The average molecular weight is 312 g/mol. The molecule has 5 heteroatoms. The Hall–Kier alpha value is -2.71. The zero-order chi connectivity index (χ0) is 16.7. The van der Waals surface area contributed by atoms with Crippen LogP contribution in [0, 0.1) is 17.1 Å². The largest absolute Gasteiger partial charge is 0.392 e. The maximum Gasteiger partial charge on any atom is 0.220 e. The summed E-state index contributed by atoms with van der Waals surface area (Å²) in [6, 6.07) is 13.6. The van der Waals surface area contributed by atoms with Crippen molar-refractivity contribution >= 4 is 5.91 Å². The van der Waals surface area contributed by atoms with E-state index in [0.717, 1.165) is 11.1 Å². The first kappa shape index (κ1) is 16.7. The molecule has 4 nitrogen and oxygen atoms in total. The van der Waals surface area contributed by atoms with Crippen molar-refractivity contribution in [2.45, 2.75) is 26.0 Å². The minimum absolute atomic E-state index is 0.107. The molecule has 0 atom stereocenters. The summed E-state index contributed by atoms with van der Waals surface area (Å²) in [5.41, 5.74) is 2.54. The third kappa shape index (κ3) is 4.90. The van der Waals surface area contributed by atoms with Gasteiger partial charge in [-0.05, 0) is 41.8 Å². The summed E-state index contributed by atoms with van der Waals surface area (Å²) >= 11 is 0. The number of nitriles is 1. The number of aliphatic hydroxyl groups excluding tert-OH is 1. The Bertz CT molecular complexity index is 721. The van der Waals surface area contributed by atoms with Gasteiger partial charge in [-0.15, -0.1) is 0 Å². The highest BCUT2D eigenvalue weighted by Gasteiger charge is 2.05. The number of halogens is 1. The lowest BCUT2D eigenvalue weighted by atomic mass is 10.1. The van der Waals surface area contributed by atoms with Crippen LogP contribution in [-0.2, 0) is 24.4 Å². The third-order valence-corrected chi connectivity index (χ3v) is 3.49. The highest BCUT2D eigenvalue weighted by molar-refractivity contribution is 5.76. The molecule has 0 radical (unpaired) electrons. The van der Waals surface area contributed by atoms with E-state index in [9.17, 15) is 9.18 Å². The Balaban J connectivity index is 1.82. The summed E-state index contributed by atoms with van der Waals surface area (Å²) in [6.07, 6.45) is 0.919. The van der Waals surface area contributed by atoms with Gasteiger partial charge in [0.2, 0.25) is 5.91 Å². The monoisotopic (exact) mass is 312 g/mol. The first-order valence-corrected chi connectivity index (χ1v) is 7.26. The number of hydrogen-bond acceptors (Lipinski definition) is 3. The SMILES string of the molecule is N#Cc1ccc(CCC(=O)NCc2ccc(F)c(CO)c2)cc1. The lowest BCUT2D eigenvalue weighted by Crippen LogP contribution is -2.23. The molecular weight excluding hydrogens is 295 g/mol. The Morgan fingerprint density at radius 2 is 1.87 bits per heavy atom. The lowest BCUT2D eigenvalue weighted by Gasteiger charge is -2.07. The van der Waals surface area contributed by atoms with Crippen LogP contribution >= 0.6 is 0 Å². The van der Waals surface area contributed by atoms with Gasteiger partial charge in [0.05, 0.1) is 18.2 Å². The highest BCUT2D eigenvalue weighted by atomic mass is 19.1. The van der Waals surface area contributed by atoms with Crippen molar-refractivity contribution in [1.82, 2.24) is 5.32 Å². The Labute approximate surface area is 134 Å². The summed E-state index contributed by atoms with van der Waals surface area (Å²) in [5.74, 6) is -0.562. The summed E-state index contributed by atoms with van der Waals surface area (Å²) in [7, 11) is 0. The predicted octanol–water partition coefficient (Wildman–Crippen LogP) is 2.44. The number of carbonyl (C=O) groups is 1. The second kappa shape index (κ2) is 8.06. The summed E-state index contributed by atoms with van der Waals surface area (Å²) in [6.45, 7) is -0.0776. The molecule has 0 spiro atoms. The van der Waals surface area contributed by atoms with Crippen LogP contribution in [0.1, 0.15) is 28.7 Å². The van der Waals surface area contributed by atoms with E-state index >= 15 is 0 Å². The first-order valence-electron chi connectivity index (χ1n) is 7.26. The van der Waals surface area contributed by atoms with Crippen molar-refractivity contribution in [2.24, 2.45) is 0 Å². The van der Waals surface area contributed by atoms with Crippen LogP contribution in [0.15, 0.2) is 42.5 Å². The summed E-state index contributed by atoms with van der Waals surface area (Å²) < 4.78 is 13.3. The van der Waals surface area contributed by atoms with Crippen molar-refractivity contribution in [1.29, 1.82) is 5.26 Å². The predicted molar refractivity (Wildman–Crippen MR) is 83.6 cm³/mol. The van der Waals surface area contributed by atoms with Gasteiger partial charge < -0.3 is 10.4 Å².